The first kappa shape index (κ1) is 16.2. The lowest BCUT2D eigenvalue weighted by Crippen LogP contribution is -2.10. The van der Waals surface area contributed by atoms with Gasteiger partial charge in [0.25, 0.3) is 0 Å². The molecule has 2 N–H and O–H groups in total. The molecule has 2 nitrogen and oxygen atoms in total. The Hall–Kier alpha value is -2.17. The van der Waals surface area contributed by atoms with E-state index in [1.807, 2.05) is 12.1 Å². The van der Waals surface area contributed by atoms with E-state index in [4.69, 9.17) is 10.5 Å². The second kappa shape index (κ2) is 5.55. The second-order valence-corrected chi connectivity index (χ2v) is 6.12. The smallest absolute Gasteiger partial charge is 0.418 e. The maximum absolute atomic E-state index is 12.8. The average molecular weight is 309 g/mol. The van der Waals surface area contributed by atoms with E-state index in [1.54, 1.807) is 12.1 Å². The Bertz CT molecular complexity index is 655. The highest BCUT2D eigenvalue weighted by atomic mass is 19.4. The van der Waals surface area contributed by atoms with E-state index < -0.39 is 11.7 Å². The zero-order valence-electron chi connectivity index (χ0n) is 12.7. The third-order valence-electron chi connectivity index (χ3n) is 3.29. The minimum absolute atomic E-state index is 0.00316. The molecule has 0 bridgehead atoms. The lowest BCUT2D eigenvalue weighted by molar-refractivity contribution is -0.137. The van der Waals surface area contributed by atoms with Gasteiger partial charge in [-0.3, -0.25) is 0 Å². The van der Waals surface area contributed by atoms with E-state index in [0.29, 0.717) is 5.75 Å². The van der Waals surface area contributed by atoms with Crippen molar-refractivity contribution in [2.45, 2.75) is 32.4 Å². The fraction of sp³-hybridized carbons (Fsp3) is 0.294. The number of nitrogen functional groups attached to an aromatic ring is 1. The summed E-state index contributed by atoms with van der Waals surface area (Å²) >= 11 is 0. The first-order chi connectivity index (χ1) is 10.1. The van der Waals surface area contributed by atoms with Crippen LogP contribution in [0.2, 0.25) is 0 Å². The van der Waals surface area contributed by atoms with Gasteiger partial charge >= 0.3 is 6.18 Å². The van der Waals surface area contributed by atoms with Gasteiger partial charge in [-0.05, 0) is 41.3 Å². The predicted molar refractivity (Wildman–Crippen MR) is 81.1 cm³/mol. The van der Waals surface area contributed by atoms with Crippen LogP contribution in [-0.4, -0.2) is 0 Å². The Labute approximate surface area is 127 Å². The molecule has 0 saturated heterocycles. The van der Waals surface area contributed by atoms with Crippen molar-refractivity contribution in [3.8, 4) is 11.5 Å². The average Bonchev–Trinajstić information content (AvgIpc) is 2.39. The summed E-state index contributed by atoms with van der Waals surface area (Å²) in [5, 5.41) is 0. The highest BCUT2D eigenvalue weighted by Crippen LogP contribution is 2.37. The number of nitrogens with two attached hydrogens (primary N) is 1. The van der Waals surface area contributed by atoms with Gasteiger partial charge in [0.15, 0.2) is 0 Å². The fourth-order valence-corrected chi connectivity index (χ4v) is 2.00. The molecule has 0 saturated carbocycles. The van der Waals surface area contributed by atoms with Crippen LogP contribution in [0.5, 0.6) is 11.5 Å². The summed E-state index contributed by atoms with van der Waals surface area (Å²) in [5.74, 6) is 0.580. The van der Waals surface area contributed by atoms with Gasteiger partial charge in [-0.15, -0.1) is 0 Å². The van der Waals surface area contributed by atoms with Crippen molar-refractivity contribution < 1.29 is 17.9 Å². The number of hydrogen-bond acceptors (Lipinski definition) is 2. The lowest BCUT2D eigenvalue weighted by atomic mass is 9.87. The highest BCUT2D eigenvalue weighted by molar-refractivity contribution is 5.52. The largest absolute Gasteiger partial charge is 0.457 e. The number of benzene rings is 2. The van der Waals surface area contributed by atoms with Gasteiger partial charge in [-0.2, -0.15) is 13.2 Å². The lowest BCUT2D eigenvalue weighted by Gasteiger charge is -2.19. The van der Waals surface area contributed by atoms with Crippen molar-refractivity contribution in [3.63, 3.8) is 0 Å². The summed E-state index contributed by atoms with van der Waals surface area (Å²) in [6.07, 6.45) is -4.50. The van der Waals surface area contributed by atoms with Gasteiger partial charge in [-0.25, -0.2) is 0 Å². The maximum Gasteiger partial charge on any atom is 0.418 e. The minimum Gasteiger partial charge on any atom is -0.457 e. The minimum atomic E-state index is -4.50. The monoisotopic (exact) mass is 309 g/mol. The molecule has 0 aliphatic carbocycles. The fourth-order valence-electron chi connectivity index (χ4n) is 2.00. The van der Waals surface area contributed by atoms with Crippen LogP contribution < -0.4 is 10.5 Å². The van der Waals surface area contributed by atoms with E-state index in [0.717, 1.165) is 11.6 Å². The van der Waals surface area contributed by atoms with Crippen LogP contribution in [0.3, 0.4) is 0 Å². The van der Waals surface area contributed by atoms with E-state index >= 15 is 0 Å². The van der Waals surface area contributed by atoms with Crippen LogP contribution in [0, 0.1) is 0 Å². The molecule has 2 aromatic rings. The molecule has 22 heavy (non-hydrogen) atoms. The number of anilines is 1. The normalized spacial score (nSPS) is 12.3. The standard InChI is InChI=1S/C17H18F3NO/c1-16(2,3)11-4-6-12(7-5-11)22-13-8-9-15(21)14(10-13)17(18,19)20/h4-10H,21H2,1-3H3. The van der Waals surface area contributed by atoms with Gasteiger partial charge < -0.3 is 10.5 Å². The number of hydrogen-bond donors (Lipinski definition) is 1. The summed E-state index contributed by atoms with van der Waals surface area (Å²) in [7, 11) is 0. The molecule has 0 radical (unpaired) electrons. The Kier molecular flexibility index (Phi) is 4.09. The van der Waals surface area contributed by atoms with Crippen LogP contribution >= 0.6 is 0 Å². The van der Waals surface area contributed by atoms with Gasteiger partial charge in [0.05, 0.1) is 5.56 Å². The summed E-state index contributed by atoms with van der Waals surface area (Å²) in [6, 6.07) is 10.8. The molecule has 2 rings (SSSR count). The van der Waals surface area contributed by atoms with E-state index in [-0.39, 0.29) is 16.9 Å². The van der Waals surface area contributed by atoms with Crippen molar-refractivity contribution >= 4 is 5.69 Å². The van der Waals surface area contributed by atoms with Gasteiger partial charge in [0.2, 0.25) is 0 Å². The van der Waals surface area contributed by atoms with Crippen LogP contribution in [0.25, 0.3) is 0 Å². The molecule has 118 valence electrons. The molecule has 0 heterocycles. The molecule has 0 unspecified atom stereocenters. The van der Waals surface area contributed by atoms with Crippen molar-refractivity contribution in [3.05, 3.63) is 53.6 Å². The van der Waals surface area contributed by atoms with Crippen LogP contribution in [0.15, 0.2) is 42.5 Å². The van der Waals surface area contributed by atoms with Crippen molar-refractivity contribution in [2.24, 2.45) is 0 Å². The molecule has 0 aliphatic rings. The molecule has 0 spiro atoms. The molecule has 0 aliphatic heterocycles. The number of halogens is 3. The summed E-state index contributed by atoms with van der Waals surface area (Å²) in [5.41, 5.74) is 5.27. The number of alkyl halides is 3. The van der Waals surface area contributed by atoms with Crippen LogP contribution in [0.1, 0.15) is 31.9 Å². The van der Waals surface area contributed by atoms with E-state index in [1.165, 1.54) is 12.1 Å². The summed E-state index contributed by atoms with van der Waals surface area (Å²) < 4.78 is 43.9. The zero-order valence-corrected chi connectivity index (χ0v) is 12.7. The van der Waals surface area contributed by atoms with Crippen LogP contribution in [0.4, 0.5) is 18.9 Å². The van der Waals surface area contributed by atoms with Crippen molar-refractivity contribution in [1.82, 2.24) is 0 Å². The highest BCUT2D eigenvalue weighted by Gasteiger charge is 2.33. The quantitative estimate of drug-likeness (QED) is 0.756. The Morgan fingerprint density at radius 1 is 0.864 bits per heavy atom. The second-order valence-electron chi connectivity index (χ2n) is 6.12. The number of rotatable bonds is 2. The molecule has 0 aromatic heterocycles. The predicted octanol–water partition coefficient (Wildman–Crippen LogP) is 5.38. The molecular formula is C17H18F3NO. The summed E-state index contributed by atoms with van der Waals surface area (Å²) in [4.78, 5) is 0. The van der Waals surface area contributed by atoms with Crippen molar-refractivity contribution in [1.29, 1.82) is 0 Å². The summed E-state index contributed by atoms with van der Waals surface area (Å²) in [6.45, 7) is 6.25. The third-order valence-corrected chi connectivity index (χ3v) is 3.29. The van der Waals surface area contributed by atoms with E-state index in [2.05, 4.69) is 20.8 Å². The number of ether oxygens (including phenoxy) is 1. The molecule has 0 fully saturated rings. The first-order valence-corrected chi connectivity index (χ1v) is 6.82. The molecule has 0 atom stereocenters. The Morgan fingerprint density at radius 2 is 1.41 bits per heavy atom. The van der Waals surface area contributed by atoms with Gasteiger partial charge in [0.1, 0.15) is 11.5 Å². The Morgan fingerprint density at radius 3 is 1.91 bits per heavy atom. The Balaban J connectivity index is 2.24. The molecule has 5 heteroatoms. The van der Waals surface area contributed by atoms with Gasteiger partial charge in [-0.1, -0.05) is 32.9 Å². The topological polar surface area (TPSA) is 35.2 Å². The maximum atomic E-state index is 12.8. The van der Waals surface area contributed by atoms with Crippen LogP contribution in [-0.2, 0) is 11.6 Å². The van der Waals surface area contributed by atoms with E-state index in [9.17, 15) is 13.2 Å². The molecule has 2 aromatic carbocycles. The first-order valence-electron chi connectivity index (χ1n) is 6.82. The zero-order chi connectivity index (χ0) is 16.5. The molecule has 0 amide bonds. The van der Waals surface area contributed by atoms with Crippen molar-refractivity contribution in [2.75, 3.05) is 5.73 Å². The third kappa shape index (κ3) is 3.72. The van der Waals surface area contributed by atoms with Gasteiger partial charge in [0, 0.05) is 5.69 Å². The SMILES string of the molecule is CC(C)(C)c1ccc(Oc2ccc(N)c(C(F)(F)F)c2)cc1. The molecular weight excluding hydrogens is 291 g/mol.